The van der Waals surface area contributed by atoms with Gasteiger partial charge in [-0.3, -0.25) is 9.13 Å². The Morgan fingerprint density at radius 2 is 0.870 bits per heavy atom. The van der Waals surface area contributed by atoms with Crippen LogP contribution in [-0.4, -0.2) is 114 Å². The van der Waals surface area contributed by atoms with Crippen LogP contribution in [0.1, 0.15) is 0 Å². The van der Waals surface area contributed by atoms with E-state index in [1.807, 2.05) is 0 Å². The van der Waals surface area contributed by atoms with Crippen LogP contribution >= 0.6 is 15.2 Å². The topological polar surface area (TPSA) is 276 Å². The van der Waals surface area contributed by atoms with Gasteiger partial charge in [0.25, 0.3) is 0 Å². The van der Waals surface area contributed by atoms with Crippen LogP contribution < -0.4 is 10.2 Å². The fourth-order valence-electron chi connectivity index (χ4n) is 0.611. The second kappa shape index (κ2) is 11.1. The van der Waals surface area contributed by atoms with E-state index in [1.54, 1.807) is 0 Å². The number of hydrogen-bond acceptors (Lipinski definition) is 10. The Hall–Kier alpha value is 0.340. The molecule has 0 amide bonds. The van der Waals surface area contributed by atoms with Crippen molar-refractivity contribution in [3.63, 3.8) is 0 Å². The molecule has 0 radical (unpaired) electrons. The molecule has 0 saturated carbocycles. The second-order valence-corrected chi connectivity index (χ2v) is 6.95. The summed E-state index contributed by atoms with van der Waals surface area (Å²) < 4.78 is 20.1. The maximum atomic E-state index is 10.1. The van der Waals surface area contributed by atoms with Gasteiger partial charge in [-0.05, 0) is 0 Å². The van der Waals surface area contributed by atoms with Gasteiger partial charge in [-0.1, -0.05) is 0 Å². The van der Waals surface area contributed by atoms with Crippen molar-refractivity contribution in [2.24, 2.45) is 0 Å². The Kier molecular flexibility index (Phi) is 13.5. The van der Waals surface area contributed by atoms with Gasteiger partial charge in [0.2, 0.25) is 0 Å². The van der Waals surface area contributed by atoms with E-state index in [0.717, 1.165) is 0 Å². The zero-order valence-electron chi connectivity index (χ0n) is 10.9. The van der Waals surface area contributed by atoms with Crippen LogP contribution in [0, 0.1) is 0 Å². The van der Waals surface area contributed by atoms with Gasteiger partial charge in [0.15, 0.2) is 11.7 Å². The second-order valence-electron chi connectivity index (χ2n) is 3.53. The predicted octanol–water partition coefficient (Wildman–Crippen LogP) is -7.19. The zero-order valence-corrected chi connectivity index (χ0v) is 14.9. The third-order valence-corrected chi connectivity index (χ3v) is 3.68. The molecule has 0 fully saturated rings. The molecule has 0 rings (SSSR count). The monoisotopic (exact) mass is 410 g/mol. The van der Waals surface area contributed by atoms with Crippen LogP contribution in [0.25, 0.3) is 0 Å². The number of rotatable bonds is 6. The maximum absolute atomic E-state index is 10.1. The van der Waals surface area contributed by atoms with Gasteiger partial charge in [0, 0.05) is 0 Å². The van der Waals surface area contributed by atoms with Crippen molar-refractivity contribution in [3.05, 3.63) is 0 Å². The molecule has 0 aromatic carbocycles. The standard InChI is InChI=1S/2C3H7O7P.Ca/c2*4-1(2(5)6)3(7)11(8,9)10;/h2*1,3-4,7H,(H,5,6)(H2,8,9,10);/q;;+2/p-2. The van der Waals surface area contributed by atoms with Crippen molar-refractivity contribution < 1.29 is 68.9 Å². The smallest absolute Gasteiger partial charge is 0.547 e. The van der Waals surface area contributed by atoms with Crippen LogP contribution in [0.3, 0.4) is 0 Å². The van der Waals surface area contributed by atoms with Crippen LogP contribution in [0.15, 0.2) is 0 Å². The Bertz CT molecular complexity index is 438. The van der Waals surface area contributed by atoms with Crippen molar-refractivity contribution in [3.8, 4) is 0 Å². The summed E-state index contributed by atoms with van der Waals surface area (Å²) in [7, 11) is -9.96. The van der Waals surface area contributed by atoms with E-state index in [2.05, 4.69) is 0 Å². The molecule has 0 aliphatic carbocycles. The van der Waals surface area contributed by atoms with E-state index in [-0.39, 0.29) is 37.7 Å². The molecule has 23 heavy (non-hydrogen) atoms. The molecule has 0 aromatic rings. The summed E-state index contributed by atoms with van der Waals surface area (Å²) in [6, 6.07) is 0. The number of carboxylic acids is 2. The van der Waals surface area contributed by atoms with Gasteiger partial charge in [-0.25, -0.2) is 0 Å². The molecule has 0 saturated heterocycles. The number of aliphatic carboxylic acids is 2. The quantitative estimate of drug-likeness (QED) is 0.149. The maximum Gasteiger partial charge on any atom is 2.00 e. The van der Waals surface area contributed by atoms with Crippen molar-refractivity contribution in [1.29, 1.82) is 0 Å². The number of carbonyl (C=O) groups is 2. The molecule has 0 aromatic heterocycles. The molecule has 0 spiro atoms. The summed E-state index contributed by atoms with van der Waals surface area (Å²) in [5.74, 6) is -9.54. The van der Waals surface area contributed by atoms with Crippen LogP contribution in [-0.2, 0) is 18.7 Å². The summed E-state index contributed by atoms with van der Waals surface area (Å²) in [5.41, 5.74) is 0. The van der Waals surface area contributed by atoms with E-state index >= 15 is 0 Å². The van der Waals surface area contributed by atoms with Gasteiger partial charge in [0.05, 0.1) is 11.9 Å². The SMILES string of the molecule is O=C([O-])C(O)C(O)P(=O)(O)O.O=C([O-])C(O)C(O)P(=O)(O)O.[Ca+2]. The van der Waals surface area contributed by atoms with Crippen LogP contribution in [0.2, 0.25) is 0 Å². The molecule has 4 unspecified atom stereocenters. The molecule has 0 heterocycles. The molecule has 0 bridgehead atoms. The third kappa shape index (κ3) is 11.5. The molecule has 14 nitrogen and oxygen atoms in total. The molecule has 8 N–H and O–H groups in total. The normalized spacial score (nSPS) is 16.7. The van der Waals surface area contributed by atoms with E-state index in [1.165, 1.54) is 0 Å². The van der Waals surface area contributed by atoms with Gasteiger partial charge in [0.1, 0.15) is 12.2 Å². The van der Waals surface area contributed by atoms with Gasteiger partial charge in [-0.15, -0.1) is 0 Å². The predicted molar refractivity (Wildman–Crippen MR) is 63.9 cm³/mol. The first kappa shape index (κ1) is 28.2. The minimum absolute atomic E-state index is 0. The van der Waals surface area contributed by atoms with Crippen molar-refractivity contribution in [1.82, 2.24) is 0 Å². The molecular weight excluding hydrogens is 398 g/mol. The Labute approximate surface area is 157 Å². The summed E-state index contributed by atoms with van der Waals surface area (Å²) in [4.78, 5) is 51.9. The first-order chi connectivity index (χ1) is 9.53. The van der Waals surface area contributed by atoms with Crippen LogP contribution in [0.5, 0.6) is 0 Å². The average Bonchev–Trinajstić information content (AvgIpc) is 2.33. The van der Waals surface area contributed by atoms with Crippen molar-refractivity contribution in [2.75, 3.05) is 0 Å². The Balaban J connectivity index is -0.000000333. The number of hydrogen-bond donors (Lipinski definition) is 8. The number of aliphatic hydroxyl groups excluding tert-OH is 4. The minimum atomic E-state index is -4.98. The zero-order chi connectivity index (χ0) is 18.5. The molecule has 132 valence electrons. The van der Waals surface area contributed by atoms with E-state index < -0.39 is 51.0 Å². The fourth-order valence-corrected chi connectivity index (χ4v) is 1.59. The molecular formula is C6H12CaO14P2. The van der Waals surface area contributed by atoms with Crippen molar-refractivity contribution >= 4 is 64.9 Å². The minimum Gasteiger partial charge on any atom is -0.547 e. The van der Waals surface area contributed by atoms with Crippen LogP contribution in [0.4, 0.5) is 0 Å². The van der Waals surface area contributed by atoms with E-state index in [9.17, 15) is 28.9 Å². The fraction of sp³-hybridized carbons (Fsp3) is 0.667. The Morgan fingerprint density at radius 1 is 0.696 bits per heavy atom. The first-order valence-electron chi connectivity index (χ1n) is 4.77. The van der Waals surface area contributed by atoms with Crippen molar-refractivity contribution in [2.45, 2.75) is 23.9 Å². The van der Waals surface area contributed by atoms with Gasteiger partial charge >= 0.3 is 52.9 Å². The van der Waals surface area contributed by atoms with Gasteiger partial charge < -0.3 is 59.8 Å². The van der Waals surface area contributed by atoms with Gasteiger partial charge in [-0.2, -0.15) is 0 Å². The first-order valence-corrected chi connectivity index (χ1v) is 8.14. The van der Waals surface area contributed by atoms with E-state index in [0.29, 0.717) is 0 Å². The summed E-state index contributed by atoms with van der Waals surface area (Å²) in [6.45, 7) is 0. The summed E-state index contributed by atoms with van der Waals surface area (Å²) in [5, 5.41) is 52.9. The van der Waals surface area contributed by atoms with E-state index in [4.69, 9.17) is 40.0 Å². The third-order valence-electron chi connectivity index (χ3n) is 1.74. The summed E-state index contributed by atoms with van der Waals surface area (Å²) >= 11 is 0. The molecule has 17 heteroatoms. The molecule has 0 aliphatic rings. The number of aliphatic hydroxyl groups is 4. The largest absolute Gasteiger partial charge is 2.00 e. The molecule has 4 atom stereocenters. The molecule has 0 aliphatic heterocycles. The number of carboxylic acid groups (broad SMARTS) is 2. The number of carbonyl (C=O) groups excluding carboxylic acids is 2. The average molecular weight is 410 g/mol. The summed E-state index contributed by atoms with van der Waals surface area (Å²) in [6.07, 6.45) is -5.15. The Morgan fingerprint density at radius 3 is 0.913 bits per heavy atom.